The summed E-state index contributed by atoms with van der Waals surface area (Å²) in [5.41, 5.74) is 2.01. The summed E-state index contributed by atoms with van der Waals surface area (Å²) in [5.74, 6) is -1.15. The maximum atomic E-state index is 13.0. The number of nitrogens with zero attached hydrogens (tertiary/aromatic N) is 1. The van der Waals surface area contributed by atoms with E-state index in [2.05, 4.69) is 0 Å². The molecule has 0 fully saturated rings. The van der Waals surface area contributed by atoms with Crippen LogP contribution in [-0.2, 0) is 16.0 Å². The minimum absolute atomic E-state index is 0.000115. The molecule has 0 unspecified atom stereocenters. The van der Waals surface area contributed by atoms with E-state index in [1.807, 2.05) is 55.5 Å². The highest BCUT2D eigenvalue weighted by molar-refractivity contribution is 6.02. The van der Waals surface area contributed by atoms with Gasteiger partial charge in [-0.15, -0.1) is 0 Å². The van der Waals surface area contributed by atoms with Gasteiger partial charge in [-0.05, 0) is 54.8 Å². The minimum Gasteiger partial charge on any atom is -0.507 e. The Kier molecular flexibility index (Phi) is 4.51. The van der Waals surface area contributed by atoms with Crippen LogP contribution >= 0.6 is 0 Å². The monoisotopic (exact) mass is 375 g/mol. The summed E-state index contributed by atoms with van der Waals surface area (Å²) < 4.78 is 5.41. The molecule has 3 aromatic rings. The van der Waals surface area contributed by atoms with Crippen molar-refractivity contribution < 1.29 is 19.4 Å². The molecule has 5 heteroatoms. The van der Waals surface area contributed by atoms with Crippen LogP contribution in [0.3, 0.4) is 0 Å². The van der Waals surface area contributed by atoms with E-state index in [1.54, 1.807) is 17.9 Å². The second-order valence-electron chi connectivity index (χ2n) is 7.15. The van der Waals surface area contributed by atoms with Crippen LogP contribution in [0.1, 0.15) is 29.8 Å². The standard InChI is InChI=1S/C23H21NO4/c1-14-11-18-9-5-6-10-20(18)24(14)22(26)15(2)28-23(27)19-12-16-7-3-4-8-17(16)13-21(19)25/h3-10,12-15,25H,11H2,1-2H3/t14-,15-/m1/s1. The van der Waals surface area contributed by atoms with Crippen molar-refractivity contribution >= 4 is 28.3 Å². The van der Waals surface area contributed by atoms with Gasteiger partial charge in [0.25, 0.3) is 5.91 Å². The molecule has 1 amide bonds. The Labute approximate surface area is 163 Å². The molecule has 5 nitrogen and oxygen atoms in total. The molecule has 3 aromatic carbocycles. The number of carbonyl (C=O) groups is 2. The molecule has 0 aromatic heterocycles. The van der Waals surface area contributed by atoms with Gasteiger partial charge < -0.3 is 14.7 Å². The fraction of sp³-hybridized carbons (Fsp3) is 0.217. The van der Waals surface area contributed by atoms with Gasteiger partial charge in [0.1, 0.15) is 11.3 Å². The van der Waals surface area contributed by atoms with Crippen molar-refractivity contribution in [3.8, 4) is 5.75 Å². The highest BCUT2D eigenvalue weighted by Gasteiger charge is 2.34. The number of carbonyl (C=O) groups excluding carboxylic acids is 2. The normalized spacial score (nSPS) is 16.6. The van der Waals surface area contributed by atoms with Crippen molar-refractivity contribution in [1.29, 1.82) is 0 Å². The van der Waals surface area contributed by atoms with Gasteiger partial charge in [-0.1, -0.05) is 42.5 Å². The molecule has 0 radical (unpaired) electrons. The zero-order valence-electron chi connectivity index (χ0n) is 15.8. The smallest absolute Gasteiger partial charge is 0.342 e. The topological polar surface area (TPSA) is 66.8 Å². The molecule has 0 aliphatic carbocycles. The van der Waals surface area contributed by atoms with Crippen LogP contribution in [0.15, 0.2) is 60.7 Å². The fourth-order valence-corrected chi connectivity index (χ4v) is 3.76. The number of benzene rings is 3. The van der Waals surface area contributed by atoms with Crippen LogP contribution in [0.2, 0.25) is 0 Å². The maximum Gasteiger partial charge on any atom is 0.342 e. The molecule has 0 spiro atoms. The summed E-state index contributed by atoms with van der Waals surface area (Å²) in [5, 5.41) is 11.9. The first-order valence-corrected chi connectivity index (χ1v) is 9.29. The van der Waals surface area contributed by atoms with E-state index in [-0.39, 0.29) is 23.3 Å². The van der Waals surface area contributed by atoms with Gasteiger partial charge >= 0.3 is 5.97 Å². The highest BCUT2D eigenvalue weighted by Crippen LogP contribution is 2.33. The molecule has 1 heterocycles. The highest BCUT2D eigenvalue weighted by atomic mass is 16.5. The third-order valence-corrected chi connectivity index (χ3v) is 5.16. The Morgan fingerprint density at radius 2 is 1.71 bits per heavy atom. The number of hydrogen-bond donors (Lipinski definition) is 1. The number of fused-ring (bicyclic) bond motifs is 2. The SMILES string of the molecule is C[C@@H]1Cc2ccccc2N1C(=O)[C@@H](C)OC(=O)c1cc2ccccc2cc1O. The summed E-state index contributed by atoms with van der Waals surface area (Å²) >= 11 is 0. The van der Waals surface area contributed by atoms with Crippen molar-refractivity contribution in [2.75, 3.05) is 4.90 Å². The van der Waals surface area contributed by atoms with Gasteiger partial charge in [0, 0.05) is 11.7 Å². The van der Waals surface area contributed by atoms with Crippen molar-refractivity contribution in [2.45, 2.75) is 32.4 Å². The van der Waals surface area contributed by atoms with Crippen LogP contribution in [0, 0.1) is 0 Å². The molecule has 142 valence electrons. The Morgan fingerprint density at radius 3 is 2.46 bits per heavy atom. The van der Waals surface area contributed by atoms with E-state index in [0.29, 0.717) is 0 Å². The van der Waals surface area contributed by atoms with Gasteiger partial charge in [-0.25, -0.2) is 4.79 Å². The number of amides is 1. The summed E-state index contributed by atoms with van der Waals surface area (Å²) in [6.45, 7) is 3.54. The molecule has 1 aliphatic heterocycles. The van der Waals surface area contributed by atoms with E-state index in [9.17, 15) is 14.7 Å². The van der Waals surface area contributed by atoms with E-state index in [0.717, 1.165) is 28.4 Å². The molecular weight excluding hydrogens is 354 g/mol. The van der Waals surface area contributed by atoms with Gasteiger partial charge in [0.15, 0.2) is 6.10 Å². The van der Waals surface area contributed by atoms with Crippen molar-refractivity contribution in [1.82, 2.24) is 0 Å². The average Bonchev–Trinajstić information content (AvgIpc) is 3.02. The largest absolute Gasteiger partial charge is 0.507 e. The lowest BCUT2D eigenvalue weighted by Gasteiger charge is -2.26. The lowest BCUT2D eigenvalue weighted by atomic mass is 10.1. The van der Waals surface area contributed by atoms with E-state index in [4.69, 9.17) is 4.74 Å². The molecule has 0 bridgehead atoms. The minimum atomic E-state index is -0.966. The van der Waals surface area contributed by atoms with Gasteiger partial charge in [0.2, 0.25) is 0 Å². The third kappa shape index (κ3) is 3.09. The zero-order valence-corrected chi connectivity index (χ0v) is 15.8. The Balaban J connectivity index is 1.55. The predicted molar refractivity (Wildman–Crippen MR) is 108 cm³/mol. The second kappa shape index (κ2) is 7.00. The molecule has 0 saturated carbocycles. The van der Waals surface area contributed by atoms with Crippen LogP contribution in [0.4, 0.5) is 5.69 Å². The van der Waals surface area contributed by atoms with Gasteiger partial charge in [-0.3, -0.25) is 4.79 Å². The predicted octanol–water partition coefficient (Wildman–Crippen LogP) is 4.07. The van der Waals surface area contributed by atoms with Crippen LogP contribution in [0.5, 0.6) is 5.75 Å². The second-order valence-corrected chi connectivity index (χ2v) is 7.15. The number of hydrogen-bond acceptors (Lipinski definition) is 4. The quantitative estimate of drug-likeness (QED) is 0.701. The number of ether oxygens (including phenoxy) is 1. The van der Waals surface area contributed by atoms with E-state index < -0.39 is 12.1 Å². The summed E-state index contributed by atoms with van der Waals surface area (Å²) in [7, 11) is 0. The first-order valence-electron chi connectivity index (χ1n) is 9.29. The van der Waals surface area contributed by atoms with Crippen molar-refractivity contribution in [2.24, 2.45) is 0 Å². The number of anilines is 1. The molecule has 28 heavy (non-hydrogen) atoms. The Morgan fingerprint density at radius 1 is 1.07 bits per heavy atom. The molecule has 0 saturated heterocycles. The molecule has 4 rings (SSSR count). The number of para-hydroxylation sites is 1. The first kappa shape index (κ1) is 18.0. The van der Waals surface area contributed by atoms with E-state index in [1.165, 1.54) is 6.07 Å². The van der Waals surface area contributed by atoms with Crippen LogP contribution in [-0.4, -0.2) is 29.1 Å². The van der Waals surface area contributed by atoms with Crippen molar-refractivity contribution in [3.05, 3.63) is 71.8 Å². The van der Waals surface area contributed by atoms with Crippen molar-refractivity contribution in [3.63, 3.8) is 0 Å². The lowest BCUT2D eigenvalue weighted by molar-refractivity contribution is -0.126. The summed E-state index contributed by atoms with van der Waals surface area (Å²) in [4.78, 5) is 27.3. The zero-order chi connectivity index (χ0) is 19.8. The van der Waals surface area contributed by atoms with E-state index >= 15 is 0 Å². The van der Waals surface area contributed by atoms with Gasteiger partial charge in [0.05, 0.1) is 0 Å². The molecular formula is C23H21NO4. The first-order chi connectivity index (χ1) is 13.5. The fourth-order valence-electron chi connectivity index (χ4n) is 3.76. The average molecular weight is 375 g/mol. The number of phenolic OH excluding ortho intramolecular Hbond substituents is 1. The lowest BCUT2D eigenvalue weighted by Crippen LogP contribution is -2.43. The number of phenols is 1. The molecule has 1 aliphatic rings. The van der Waals surface area contributed by atoms with Gasteiger partial charge in [-0.2, -0.15) is 0 Å². The van der Waals surface area contributed by atoms with Crippen LogP contribution in [0.25, 0.3) is 10.8 Å². The van der Waals surface area contributed by atoms with Crippen LogP contribution < -0.4 is 4.90 Å². The molecule has 2 atom stereocenters. The molecule has 1 N–H and O–H groups in total. The summed E-state index contributed by atoms with van der Waals surface area (Å²) in [6.07, 6.45) is -0.194. The summed E-state index contributed by atoms with van der Waals surface area (Å²) in [6, 6.07) is 18.3. The third-order valence-electron chi connectivity index (χ3n) is 5.16. The Bertz CT molecular complexity index is 1080. The number of rotatable bonds is 3. The maximum absolute atomic E-state index is 13.0. The number of aromatic hydroxyl groups is 1. The Hall–Kier alpha value is -3.34. The number of esters is 1.